The Bertz CT molecular complexity index is 402. The molecule has 1 aliphatic rings. The highest BCUT2D eigenvalue weighted by Gasteiger charge is 2.35. The summed E-state index contributed by atoms with van der Waals surface area (Å²) in [4.78, 5) is 24.0. The predicted molar refractivity (Wildman–Crippen MR) is 57.6 cm³/mol. The van der Waals surface area contributed by atoms with Crippen molar-refractivity contribution in [2.45, 2.75) is 25.4 Å². The Morgan fingerprint density at radius 2 is 2.06 bits per heavy atom. The first-order valence-electron chi connectivity index (χ1n) is 5.24. The van der Waals surface area contributed by atoms with E-state index in [1.54, 1.807) is 0 Å². The van der Waals surface area contributed by atoms with Crippen molar-refractivity contribution in [2.24, 2.45) is 0 Å². The van der Waals surface area contributed by atoms with Crippen molar-refractivity contribution in [1.29, 1.82) is 0 Å². The van der Waals surface area contributed by atoms with Crippen LogP contribution in [0.1, 0.15) is 18.4 Å². The molecule has 0 spiro atoms. The Hall–Kier alpha value is -1.84. The summed E-state index contributed by atoms with van der Waals surface area (Å²) >= 11 is 0. The Labute approximate surface area is 93.5 Å². The number of carbonyl (C=O) groups excluding carboxylic acids is 1. The number of carboxylic acids is 1. The van der Waals surface area contributed by atoms with Gasteiger partial charge >= 0.3 is 5.97 Å². The van der Waals surface area contributed by atoms with Crippen molar-refractivity contribution in [2.75, 3.05) is 0 Å². The quantitative estimate of drug-likeness (QED) is 0.832. The van der Waals surface area contributed by atoms with E-state index in [0.29, 0.717) is 19.4 Å². The van der Waals surface area contributed by atoms with Crippen LogP contribution in [0.15, 0.2) is 30.3 Å². The maximum Gasteiger partial charge on any atom is 0.326 e. The van der Waals surface area contributed by atoms with E-state index in [2.05, 4.69) is 0 Å². The van der Waals surface area contributed by atoms with E-state index < -0.39 is 12.0 Å². The number of amides is 1. The van der Waals surface area contributed by atoms with Crippen LogP contribution in [0.2, 0.25) is 0 Å². The van der Waals surface area contributed by atoms with Crippen LogP contribution in [0, 0.1) is 0 Å². The van der Waals surface area contributed by atoms with Gasteiger partial charge in [-0.05, 0) is 12.0 Å². The Balaban J connectivity index is 2.13. The van der Waals surface area contributed by atoms with Gasteiger partial charge in [0.2, 0.25) is 5.91 Å². The minimum atomic E-state index is -0.915. The second-order valence-electron chi connectivity index (χ2n) is 3.90. The minimum absolute atomic E-state index is 0.0729. The largest absolute Gasteiger partial charge is 0.480 e. The molecule has 1 atom stereocenters. The van der Waals surface area contributed by atoms with E-state index in [0.717, 1.165) is 5.56 Å². The number of likely N-dealkylation sites (tertiary alicyclic amines) is 1. The fourth-order valence-electron chi connectivity index (χ4n) is 1.97. The normalized spacial score (nSPS) is 20.1. The molecule has 1 aromatic carbocycles. The van der Waals surface area contributed by atoms with Crippen molar-refractivity contribution in [3.63, 3.8) is 0 Å². The fourth-order valence-corrected chi connectivity index (χ4v) is 1.97. The summed E-state index contributed by atoms with van der Waals surface area (Å²) in [5.41, 5.74) is 0.962. The standard InChI is InChI=1S/C12H13NO3/c14-11-7-6-10(12(15)16)13(11)8-9-4-2-1-3-5-9/h1-5,10H,6-8H2,(H,15,16)/t10-/m0/s1. The summed E-state index contributed by atoms with van der Waals surface area (Å²) in [7, 11) is 0. The van der Waals surface area contributed by atoms with Gasteiger partial charge < -0.3 is 10.0 Å². The zero-order valence-electron chi connectivity index (χ0n) is 8.80. The first-order valence-corrected chi connectivity index (χ1v) is 5.24. The highest BCUT2D eigenvalue weighted by Crippen LogP contribution is 2.21. The summed E-state index contributed by atoms with van der Waals surface area (Å²) in [6.45, 7) is 0.386. The molecule has 2 rings (SSSR count). The number of rotatable bonds is 3. The third-order valence-corrected chi connectivity index (χ3v) is 2.81. The average molecular weight is 219 g/mol. The second kappa shape index (κ2) is 4.35. The molecule has 1 amide bonds. The molecule has 4 heteroatoms. The number of aliphatic carboxylic acids is 1. The Morgan fingerprint density at radius 1 is 1.38 bits per heavy atom. The molecule has 1 aliphatic heterocycles. The van der Waals surface area contributed by atoms with Crippen molar-refractivity contribution >= 4 is 11.9 Å². The zero-order valence-corrected chi connectivity index (χ0v) is 8.80. The topological polar surface area (TPSA) is 57.6 Å². The molecule has 4 nitrogen and oxygen atoms in total. The molecule has 1 saturated heterocycles. The van der Waals surface area contributed by atoms with Crippen molar-refractivity contribution in [3.05, 3.63) is 35.9 Å². The number of carbonyl (C=O) groups is 2. The van der Waals surface area contributed by atoms with Crippen LogP contribution < -0.4 is 0 Å². The molecular formula is C12H13NO3. The lowest BCUT2D eigenvalue weighted by Gasteiger charge is -2.21. The summed E-state index contributed by atoms with van der Waals surface area (Å²) in [6.07, 6.45) is 0.755. The van der Waals surface area contributed by atoms with Gasteiger partial charge in [-0.15, -0.1) is 0 Å². The number of benzene rings is 1. The van der Waals surface area contributed by atoms with E-state index >= 15 is 0 Å². The Morgan fingerprint density at radius 3 is 2.69 bits per heavy atom. The van der Waals surface area contributed by atoms with Gasteiger partial charge in [-0.1, -0.05) is 30.3 Å². The van der Waals surface area contributed by atoms with E-state index in [9.17, 15) is 9.59 Å². The maximum absolute atomic E-state index is 11.6. The van der Waals surface area contributed by atoms with E-state index in [1.165, 1.54) is 4.90 Å². The second-order valence-corrected chi connectivity index (χ2v) is 3.90. The van der Waals surface area contributed by atoms with Crippen LogP contribution in [0.4, 0.5) is 0 Å². The highest BCUT2D eigenvalue weighted by molar-refractivity contribution is 5.87. The highest BCUT2D eigenvalue weighted by atomic mass is 16.4. The van der Waals surface area contributed by atoms with Gasteiger partial charge in [0.1, 0.15) is 6.04 Å². The van der Waals surface area contributed by atoms with Crippen molar-refractivity contribution in [1.82, 2.24) is 4.90 Å². The molecule has 1 aromatic rings. The third kappa shape index (κ3) is 2.05. The van der Waals surface area contributed by atoms with Crippen LogP contribution in [-0.2, 0) is 16.1 Å². The molecule has 0 bridgehead atoms. The molecule has 1 N–H and O–H groups in total. The SMILES string of the molecule is O=C(O)[C@@H]1CCC(=O)N1Cc1ccccc1. The molecular weight excluding hydrogens is 206 g/mol. The summed E-state index contributed by atoms with van der Waals surface area (Å²) < 4.78 is 0. The summed E-state index contributed by atoms with van der Waals surface area (Å²) in [5, 5.41) is 8.99. The molecule has 0 aromatic heterocycles. The lowest BCUT2D eigenvalue weighted by Crippen LogP contribution is -2.37. The Kier molecular flexibility index (Phi) is 2.90. The first-order chi connectivity index (χ1) is 7.68. The predicted octanol–water partition coefficient (Wildman–Crippen LogP) is 1.26. The minimum Gasteiger partial charge on any atom is -0.480 e. The smallest absolute Gasteiger partial charge is 0.326 e. The fraction of sp³-hybridized carbons (Fsp3) is 0.333. The number of hydrogen-bond acceptors (Lipinski definition) is 2. The summed E-state index contributed by atoms with van der Waals surface area (Å²) in [6, 6.07) is 8.78. The lowest BCUT2D eigenvalue weighted by molar-refractivity contribution is -0.146. The molecule has 0 radical (unpaired) electrons. The molecule has 1 fully saturated rings. The van der Waals surface area contributed by atoms with Crippen molar-refractivity contribution in [3.8, 4) is 0 Å². The zero-order chi connectivity index (χ0) is 11.5. The molecule has 16 heavy (non-hydrogen) atoms. The lowest BCUT2D eigenvalue weighted by atomic mass is 10.2. The van der Waals surface area contributed by atoms with Gasteiger partial charge in [-0.25, -0.2) is 4.79 Å². The summed E-state index contributed by atoms with van der Waals surface area (Å²) in [5.74, 6) is -0.988. The monoisotopic (exact) mass is 219 g/mol. The van der Waals surface area contributed by atoms with Gasteiger partial charge in [-0.2, -0.15) is 0 Å². The average Bonchev–Trinajstić information content (AvgIpc) is 2.62. The van der Waals surface area contributed by atoms with Crippen LogP contribution in [0.25, 0.3) is 0 Å². The van der Waals surface area contributed by atoms with Gasteiger partial charge in [-0.3, -0.25) is 4.79 Å². The number of hydrogen-bond donors (Lipinski definition) is 1. The van der Waals surface area contributed by atoms with Gasteiger partial charge in [0.05, 0.1) is 0 Å². The maximum atomic E-state index is 11.6. The van der Waals surface area contributed by atoms with Crippen molar-refractivity contribution < 1.29 is 14.7 Å². The van der Waals surface area contributed by atoms with Gasteiger partial charge in [0, 0.05) is 13.0 Å². The molecule has 0 unspecified atom stereocenters. The number of carboxylic acid groups (broad SMARTS) is 1. The first kappa shape index (κ1) is 10.7. The van der Waals surface area contributed by atoms with E-state index in [4.69, 9.17) is 5.11 Å². The van der Waals surface area contributed by atoms with Crippen LogP contribution in [-0.4, -0.2) is 27.9 Å². The van der Waals surface area contributed by atoms with E-state index in [-0.39, 0.29) is 5.91 Å². The van der Waals surface area contributed by atoms with Crippen LogP contribution in [0.3, 0.4) is 0 Å². The van der Waals surface area contributed by atoms with Gasteiger partial charge in [0.25, 0.3) is 0 Å². The molecule has 0 aliphatic carbocycles. The third-order valence-electron chi connectivity index (χ3n) is 2.81. The van der Waals surface area contributed by atoms with E-state index in [1.807, 2.05) is 30.3 Å². The van der Waals surface area contributed by atoms with Gasteiger partial charge in [0.15, 0.2) is 0 Å². The molecule has 0 saturated carbocycles. The molecule has 1 heterocycles. The van der Waals surface area contributed by atoms with Crippen LogP contribution >= 0.6 is 0 Å². The molecule has 84 valence electrons. The number of nitrogens with zero attached hydrogens (tertiary/aromatic N) is 1. The van der Waals surface area contributed by atoms with Crippen LogP contribution in [0.5, 0.6) is 0 Å².